The highest BCUT2D eigenvalue weighted by atomic mass is 32.1. The topological polar surface area (TPSA) is 71.2 Å². The van der Waals surface area contributed by atoms with E-state index in [1.54, 1.807) is 0 Å². The first-order valence-corrected chi connectivity index (χ1v) is 7.54. The highest BCUT2D eigenvalue weighted by molar-refractivity contribution is 7.22. The molecule has 20 heavy (non-hydrogen) atoms. The second-order valence-corrected chi connectivity index (χ2v) is 5.88. The third-order valence-electron chi connectivity index (χ3n) is 2.98. The summed E-state index contributed by atoms with van der Waals surface area (Å²) in [6.45, 7) is 3.90. The summed E-state index contributed by atoms with van der Waals surface area (Å²) in [6, 6.07) is 5.55. The number of carbonyl (C=O) groups excluding carboxylic acids is 1. The van der Waals surface area contributed by atoms with E-state index in [1.807, 2.05) is 25.2 Å². The van der Waals surface area contributed by atoms with Crippen LogP contribution in [-0.2, 0) is 4.79 Å². The van der Waals surface area contributed by atoms with Crippen LogP contribution in [0.3, 0.4) is 0 Å². The number of nitrogen functional groups attached to an aromatic ring is 1. The van der Waals surface area contributed by atoms with E-state index in [2.05, 4.69) is 22.1 Å². The molecule has 0 bridgehead atoms. The molecule has 2 rings (SSSR count). The molecule has 2 aromatic rings. The van der Waals surface area contributed by atoms with Crippen molar-refractivity contribution in [3.63, 3.8) is 0 Å². The molecule has 1 aromatic carbocycles. The van der Waals surface area contributed by atoms with Gasteiger partial charge in [-0.1, -0.05) is 18.3 Å². The molecule has 0 saturated carbocycles. The van der Waals surface area contributed by atoms with Crippen LogP contribution in [0.15, 0.2) is 18.2 Å². The SMILES string of the molecule is CCCN(C)CCC(=O)Nc1nc2ccc(N)cc2s1. The fourth-order valence-corrected chi connectivity index (χ4v) is 2.89. The number of rotatable bonds is 6. The Hall–Kier alpha value is -1.66. The number of nitrogens with two attached hydrogens (primary N) is 1. The smallest absolute Gasteiger partial charge is 0.227 e. The van der Waals surface area contributed by atoms with Crippen LogP contribution in [0.1, 0.15) is 19.8 Å². The van der Waals surface area contributed by atoms with Crippen LogP contribution in [0.5, 0.6) is 0 Å². The first-order valence-electron chi connectivity index (χ1n) is 6.73. The largest absolute Gasteiger partial charge is 0.399 e. The number of amides is 1. The maximum atomic E-state index is 11.9. The van der Waals surface area contributed by atoms with E-state index in [1.165, 1.54) is 11.3 Å². The fraction of sp³-hybridized carbons (Fsp3) is 0.429. The molecule has 1 amide bonds. The van der Waals surface area contributed by atoms with E-state index in [4.69, 9.17) is 5.73 Å². The lowest BCUT2D eigenvalue weighted by Crippen LogP contribution is -2.24. The van der Waals surface area contributed by atoms with Gasteiger partial charge in [0.1, 0.15) is 0 Å². The monoisotopic (exact) mass is 292 g/mol. The average Bonchev–Trinajstić information content (AvgIpc) is 2.78. The van der Waals surface area contributed by atoms with Crippen molar-refractivity contribution >= 4 is 38.3 Å². The molecule has 0 saturated heterocycles. The van der Waals surface area contributed by atoms with Crippen molar-refractivity contribution in [3.05, 3.63) is 18.2 Å². The molecule has 0 aliphatic carbocycles. The molecule has 5 nitrogen and oxygen atoms in total. The molecule has 0 atom stereocenters. The van der Waals surface area contributed by atoms with Gasteiger partial charge in [-0.3, -0.25) is 4.79 Å². The normalized spacial score (nSPS) is 11.2. The molecule has 1 aromatic heterocycles. The zero-order chi connectivity index (χ0) is 14.5. The lowest BCUT2D eigenvalue weighted by atomic mass is 10.3. The molecular weight excluding hydrogens is 272 g/mol. The Bertz CT molecular complexity index is 596. The van der Waals surface area contributed by atoms with Crippen LogP contribution in [0.25, 0.3) is 10.2 Å². The van der Waals surface area contributed by atoms with Gasteiger partial charge < -0.3 is 16.0 Å². The lowest BCUT2D eigenvalue weighted by molar-refractivity contribution is -0.116. The lowest BCUT2D eigenvalue weighted by Gasteiger charge is -2.14. The van der Waals surface area contributed by atoms with Crippen molar-refractivity contribution in [1.82, 2.24) is 9.88 Å². The predicted octanol–water partition coefficient (Wildman–Crippen LogP) is 2.55. The second kappa shape index (κ2) is 6.67. The molecule has 0 unspecified atom stereocenters. The van der Waals surface area contributed by atoms with Gasteiger partial charge in [0.25, 0.3) is 0 Å². The molecule has 1 heterocycles. The number of thiazole rings is 1. The van der Waals surface area contributed by atoms with Gasteiger partial charge in [0.05, 0.1) is 10.2 Å². The van der Waals surface area contributed by atoms with Gasteiger partial charge in [0, 0.05) is 18.7 Å². The Morgan fingerprint density at radius 3 is 3.00 bits per heavy atom. The summed E-state index contributed by atoms with van der Waals surface area (Å²) in [4.78, 5) is 18.4. The summed E-state index contributed by atoms with van der Waals surface area (Å²) in [5, 5.41) is 3.48. The number of nitrogens with zero attached hydrogens (tertiary/aromatic N) is 2. The van der Waals surface area contributed by atoms with Crippen molar-refractivity contribution in [2.45, 2.75) is 19.8 Å². The highest BCUT2D eigenvalue weighted by Crippen LogP contribution is 2.27. The Kier molecular flexibility index (Phi) is 4.92. The number of fused-ring (bicyclic) bond motifs is 1. The van der Waals surface area contributed by atoms with Gasteiger partial charge in [0.15, 0.2) is 5.13 Å². The number of nitrogens with one attached hydrogen (secondary N) is 1. The molecule has 6 heteroatoms. The quantitative estimate of drug-likeness (QED) is 0.803. The van der Waals surface area contributed by atoms with E-state index in [-0.39, 0.29) is 5.91 Å². The number of hydrogen-bond donors (Lipinski definition) is 2. The van der Waals surface area contributed by atoms with Gasteiger partial charge in [-0.15, -0.1) is 0 Å². The van der Waals surface area contributed by atoms with Crippen LogP contribution in [-0.4, -0.2) is 35.9 Å². The van der Waals surface area contributed by atoms with Gasteiger partial charge in [-0.25, -0.2) is 4.98 Å². The maximum Gasteiger partial charge on any atom is 0.227 e. The van der Waals surface area contributed by atoms with Crippen molar-refractivity contribution in [3.8, 4) is 0 Å². The minimum atomic E-state index is -0.0000175. The Morgan fingerprint density at radius 2 is 2.25 bits per heavy atom. The molecule has 0 fully saturated rings. The van der Waals surface area contributed by atoms with Gasteiger partial charge in [-0.05, 0) is 38.2 Å². The van der Waals surface area contributed by atoms with Crippen LogP contribution in [0.4, 0.5) is 10.8 Å². The molecule has 108 valence electrons. The van der Waals surface area contributed by atoms with Crippen LogP contribution in [0.2, 0.25) is 0 Å². The van der Waals surface area contributed by atoms with E-state index in [0.717, 1.165) is 29.7 Å². The summed E-state index contributed by atoms with van der Waals surface area (Å²) < 4.78 is 0.989. The molecule has 3 N–H and O–H groups in total. The summed E-state index contributed by atoms with van der Waals surface area (Å²) in [5.74, 6) is -0.0000175. The minimum Gasteiger partial charge on any atom is -0.399 e. The van der Waals surface area contributed by atoms with Crippen molar-refractivity contribution in [2.24, 2.45) is 0 Å². The van der Waals surface area contributed by atoms with Crippen LogP contribution >= 0.6 is 11.3 Å². The Labute approximate surface area is 122 Å². The minimum absolute atomic E-state index is 0.0000175. The van der Waals surface area contributed by atoms with Crippen LogP contribution < -0.4 is 11.1 Å². The molecule has 0 radical (unpaired) electrons. The Balaban J connectivity index is 1.92. The van der Waals surface area contributed by atoms with E-state index in [0.29, 0.717) is 17.2 Å². The number of carbonyl (C=O) groups is 1. The van der Waals surface area contributed by atoms with Crippen molar-refractivity contribution in [2.75, 3.05) is 31.2 Å². The number of benzene rings is 1. The van der Waals surface area contributed by atoms with Gasteiger partial charge in [0.2, 0.25) is 5.91 Å². The summed E-state index contributed by atoms with van der Waals surface area (Å²) in [6.07, 6.45) is 1.58. The molecular formula is C14H20N4OS. The third-order valence-corrected chi connectivity index (χ3v) is 3.92. The standard InChI is InChI=1S/C14H20N4OS/c1-3-7-18(2)8-6-13(19)17-14-16-11-5-4-10(15)9-12(11)20-14/h4-5,9H,3,6-8,15H2,1-2H3,(H,16,17,19). The second-order valence-electron chi connectivity index (χ2n) is 4.85. The first-order chi connectivity index (χ1) is 9.58. The van der Waals surface area contributed by atoms with Gasteiger partial charge >= 0.3 is 0 Å². The summed E-state index contributed by atoms with van der Waals surface area (Å²) >= 11 is 1.45. The first kappa shape index (κ1) is 14.7. The zero-order valence-corrected chi connectivity index (χ0v) is 12.7. The molecule has 0 aliphatic heterocycles. The van der Waals surface area contributed by atoms with Crippen molar-refractivity contribution in [1.29, 1.82) is 0 Å². The zero-order valence-electron chi connectivity index (χ0n) is 11.8. The predicted molar refractivity (Wildman–Crippen MR) is 85.1 cm³/mol. The van der Waals surface area contributed by atoms with E-state index < -0.39 is 0 Å². The van der Waals surface area contributed by atoms with E-state index >= 15 is 0 Å². The summed E-state index contributed by atoms with van der Waals surface area (Å²) in [5.41, 5.74) is 7.30. The fourth-order valence-electron chi connectivity index (χ4n) is 1.96. The van der Waals surface area contributed by atoms with Crippen molar-refractivity contribution < 1.29 is 4.79 Å². The number of hydrogen-bond acceptors (Lipinski definition) is 5. The number of anilines is 2. The number of aromatic nitrogens is 1. The average molecular weight is 292 g/mol. The third kappa shape index (κ3) is 3.91. The Morgan fingerprint density at radius 1 is 1.45 bits per heavy atom. The molecule has 0 aliphatic rings. The van der Waals surface area contributed by atoms with E-state index in [9.17, 15) is 4.79 Å². The van der Waals surface area contributed by atoms with Gasteiger partial charge in [-0.2, -0.15) is 0 Å². The highest BCUT2D eigenvalue weighted by Gasteiger charge is 2.09. The maximum absolute atomic E-state index is 11.9. The van der Waals surface area contributed by atoms with Crippen LogP contribution in [0, 0.1) is 0 Å². The summed E-state index contributed by atoms with van der Waals surface area (Å²) in [7, 11) is 2.03. The molecule has 0 spiro atoms.